The quantitative estimate of drug-likeness (QED) is 0.0195. The third kappa shape index (κ3) is 76.5. The molecule has 0 bridgehead atoms. The van der Waals surface area contributed by atoms with Crippen molar-refractivity contribution >= 4 is 19.8 Å². The Bertz CT molecular complexity index is 1780. The summed E-state index contributed by atoms with van der Waals surface area (Å²) in [6.45, 7) is 4.18. The number of nitrogens with zero attached hydrogens (tertiary/aromatic N) is 1. The second-order valence-electron chi connectivity index (χ2n) is 28.0. The Labute approximate surface area is 571 Å². The molecule has 0 rings (SSSR count). The molecule has 0 amide bonds. The number of carbonyl (C=O) groups is 2. The fourth-order valence-electron chi connectivity index (χ4n) is 11.7. The monoisotopic (exact) mass is 1310 g/mol. The van der Waals surface area contributed by atoms with Gasteiger partial charge in [0.15, 0.2) is 6.10 Å². The largest absolute Gasteiger partial charge is 0.756 e. The molecule has 10 heteroatoms. The van der Waals surface area contributed by atoms with Crippen molar-refractivity contribution in [3.8, 4) is 0 Å². The van der Waals surface area contributed by atoms with Crippen LogP contribution in [0.4, 0.5) is 0 Å². The zero-order valence-corrected chi connectivity index (χ0v) is 62.4. The molecule has 0 aliphatic rings. The van der Waals surface area contributed by atoms with Crippen molar-refractivity contribution in [2.24, 2.45) is 0 Å². The molecule has 0 saturated heterocycles. The molecule has 0 saturated carbocycles. The van der Waals surface area contributed by atoms with Crippen LogP contribution in [0.2, 0.25) is 0 Å². The van der Waals surface area contributed by atoms with E-state index in [-0.39, 0.29) is 32.0 Å². The number of hydrogen-bond acceptors (Lipinski definition) is 8. The lowest BCUT2D eigenvalue weighted by atomic mass is 10.0. The van der Waals surface area contributed by atoms with Crippen LogP contribution in [0.5, 0.6) is 0 Å². The van der Waals surface area contributed by atoms with Gasteiger partial charge in [0.1, 0.15) is 19.8 Å². The fraction of sp³-hybridized carbons (Fsp3) is 0.829. The smallest absolute Gasteiger partial charge is 0.306 e. The highest BCUT2D eigenvalue weighted by molar-refractivity contribution is 7.45. The minimum atomic E-state index is -4.64. The van der Waals surface area contributed by atoms with E-state index in [0.717, 1.165) is 70.6 Å². The molecule has 0 radical (unpaired) electrons. The number of allylic oxidation sites excluding steroid dienone is 12. The van der Waals surface area contributed by atoms with Gasteiger partial charge in [0.2, 0.25) is 0 Å². The van der Waals surface area contributed by atoms with E-state index in [9.17, 15) is 19.0 Å². The van der Waals surface area contributed by atoms with Crippen LogP contribution in [-0.4, -0.2) is 70.0 Å². The summed E-state index contributed by atoms with van der Waals surface area (Å²) in [6.07, 6.45) is 98.8. The van der Waals surface area contributed by atoms with Crippen LogP contribution in [-0.2, 0) is 32.7 Å². The predicted molar refractivity (Wildman–Crippen MR) is 397 cm³/mol. The first kappa shape index (κ1) is 89.5. The Morgan fingerprint density at radius 3 is 0.924 bits per heavy atom. The van der Waals surface area contributed by atoms with E-state index in [1.54, 1.807) is 0 Å². The van der Waals surface area contributed by atoms with Crippen LogP contribution < -0.4 is 4.89 Å². The molecule has 0 heterocycles. The first-order valence-corrected chi connectivity index (χ1v) is 41.1. The summed E-state index contributed by atoms with van der Waals surface area (Å²) in [7, 11) is 1.18. The van der Waals surface area contributed by atoms with Crippen LogP contribution in [0.1, 0.15) is 386 Å². The van der Waals surface area contributed by atoms with Gasteiger partial charge in [-0.1, -0.05) is 363 Å². The number of quaternary nitrogens is 1. The Morgan fingerprint density at radius 1 is 0.348 bits per heavy atom. The molecule has 0 N–H and O–H groups in total. The van der Waals surface area contributed by atoms with Crippen LogP contribution in [0.15, 0.2) is 72.9 Å². The highest BCUT2D eigenvalue weighted by Gasteiger charge is 2.22. The molecule has 538 valence electrons. The Kier molecular flexibility index (Phi) is 70.7. The molecule has 0 aliphatic heterocycles. The van der Waals surface area contributed by atoms with Gasteiger partial charge in [-0.25, -0.2) is 0 Å². The number of carbonyl (C=O) groups excluding carboxylic acids is 2. The van der Waals surface area contributed by atoms with Crippen LogP contribution in [0.3, 0.4) is 0 Å². The highest BCUT2D eigenvalue weighted by atomic mass is 31.2. The molecule has 0 spiro atoms. The van der Waals surface area contributed by atoms with E-state index in [2.05, 4.69) is 86.8 Å². The molecule has 0 aromatic carbocycles. The van der Waals surface area contributed by atoms with E-state index in [1.165, 1.54) is 283 Å². The Balaban J connectivity index is 3.92. The fourth-order valence-corrected chi connectivity index (χ4v) is 12.4. The van der Waals surface area contributed by atoms with Gasteiger partial charge in [-0.2, -0.15) is 0 Å². The lowest BCUT2D eigenvalue weighted by molar-refractivity contribution is -0.870. The first-order chi connectivity index (χ1) is 45.0. The van der Waals surface area contributed by atoms with Gasteiger partial charge in [-0.05, 0) is 83.5 Å². The van der Waals surface area contributed by atoms with Gasteiger partial charge in [0.05, 0.1) is 27.7 Å². The van der Waals surface area contributed by atoms with Crippen molar-refractivity contribution in [1.82, 2.24) is 0 Å². The summed E-state index contributed by atoms with van der Waals surface area (Å²) >= 11 is 0. The van der Waals surface area contributed by atoms with Crippen LogP contribution in [0, 0.1) is 0 Å². The second kappa shape index (κ2) is 72.7. The predicted octanol–water partition coefficient (Wildman–Crippen LogP) is 25.7. The highest BCUT2D eigenvalue weighted by Crippen LogP contribution is 2.38. The van der Waals surface area contributed by atoms with Crippen LogP contribution >= 0.6 is 7.82 Å². The zero-order valence-electron chi connectivity index (χ0n) is 61.5. The molecule has 0 aliphatic carbocycles. The number of esters is 2. The van der Waals surface area contributed by atoms with E-state index < -0.39 is 26.5 Å². The summed E-state index contributed by atoms with van der Waals surface area (Å²) < 4.78 is 34.4. The van der Waals surface area contributed by atoms with Gasteiger partial charge in [0.25, 0.3) is 7.82 Å². The summed E-state index contributed by atoms with van der Waals surface area (Å²) in [5.41, 5.74) is 0. The third-order valence-electron chi connectivity index (χ3n) is 17.7. The molecule has 2 unspecified atom stereocenters. The van der Waals surface area contributed by atoms with E-state index in [4.69, 9.17) is 18.5 Å². The topological polar surface area (TPSA) is 111 Å². The summed E-state index contributed by atoms with van der Waals surface area (Å²) in [5, 5.41) is 0. The van der Waals surface area contributed by atoms with Crippen molar-refractivity contribution in [2.75, 3.05) is 47.5 Å². The van der Waals surface area contributed by atoms with Crippen molar-refractivity contribution in [3.05, 3.63) is 72.9 Å². The average molecular weight is 1310 g/mol. The van der Waals surface area contributed by atoms with Gasteiger partial charge in [-0.3, -0.25) is 14.2 Å². The molecule has 0 fully saturated rings. The molecule has 2 atom stereocenters. The molecular weight excluding hydrogens is 1160 g/mol. The van der Waals surface area contributed by atoms with Crippen molar-refractivity contribution < 1.29 is 42.1 Å². The minimum absolute atomic E-state index is 0.0295. The number of unbranched alkanes of at least 4 members (excludes halogenated alkanes) is 48. The lowest BCUT2D eigenvalue weighted by Crippen LogP contribution is -2.37. The van der Waals surface area contributed by atoms with Crippen LogP contribution in [0.25, 0.3) is 0 Å². The summed E-state index contributed by atoms with van der Waals surface area (Å²) in [4.78, 5) is 38.2. The van der Waals surface area contributed by atoms with Gasteiger partial charge in [0, 0.05) is 12.8 Å². The van der Waals surface area contributed by atoms with E-state index in [1.807, 2.05) is 21.1 Å². The number of likely N-dealkylation sites (N-methyl/N-ethyl adjacent to an activating group) is 1. The van der Waals surface area contributed by atoms with Crippen molar-refractivity contribution in [1.29, 1.82) is 0 Å². The maximum absolute atomic E-state index is 12.9. The van der Waals surface area contributed by atoms with Gasteiger partial charge in [-0.15, -0.1) is 0 Å². The number of phosphoric ester groups is 1. The number of rotatable bonds is 74. The molecule has 0 aromatic rings. The first-order valence-electron chi connectivity index (χ1n) is 39.6. The third-order valence-corrected chi connectivity index (χ3v) is 18.7. The number of ether oxygens (including phenoxy) is 2. The van der Waals surface area contributed by atoms with Gasteiger partial charge < -0.3 is 27.9 Å². The molecule has 0 aromatic heterocycles. The lowest BCUT2D eigenvalue weighted by Gasteiger charge is -2.28. The zero-order chi connectivity index (χ0) is 66.9. The van der Waals surface area contributed by atoms with Crippen molar-refractivity contribution in [3.63, 3.8) is 0 Å². The van der Waals surface area contributed by atoms with Gasteiger partial charge >= 0.3 is 11.9 Å². The molecule has 9 nitrogen and oxygen atoms in total. The number of hydrogen-bond donors (Lipinski definition) is 0. The van der Waals surface area contributed by atoms with E-state index in [0.29, 0.717) is 17.4 Å². The SMILES string of the molecule is CC/C=C\C/C=C\C/C=C\C/C=C\CCCCCCCCCCCCCCCCCCCCC(=O)OC(COC(=O)CCCCCCCCCCCCCCCCCCCCCCCCCCC/C=C\C/C=C\CCCCCCC)COP(=O)([O-])OCC[N+](C)(C)C. The molecule has 92 heavy (non-hydrogen) atoms. The maximum atomic E-state index is 12.9. The maximum Gasteiger partial charge on any atom is 0.306 e. The standard InChI is InChI=1S/C82H152NO8P/c1-6-8-10-12-14-16-18-20-22-24-26-28-30-32-34-36-38-39-40-41-42-43-45-46-48-50-52-54-56-58-60-62-64-66-68-70-72-74-81(84)88-78-80(79-90-92(86,87)89-77-76-83(3,4)5)91-82(85)75-73-71-69-67-65-63-61-59-57-55-53-51-49-47-44-37-35-33-31-29-27-25-23-21-19-17-15-13-11-9-7-2/h9,11,15,17-18,20-21,23-24,26-27,29,80H,6-8,10,12-14,16,19,22,25,28,30-79H2,1-5H3/b11-9-,17-15-,20-18-,23-21-,26-24-,29-27-. The number of phosphoric acid groups is 1. The second-order valence-corrected chi connectivity index (χ2v) is 29.5. The minimum Gasteiger partial charge on any atom is -0.756 e. The molecular formula is C82H152NO8P. The van der Waals surface area contributed by atoms with Crippen molar-refractivity contribution in [2.45, 2.75) is 392 Å². The Morgan fingerprint density at radius 2 is 0.620 bits per heavy atom. The van der Waals surface area contributed by atoms with E-state index >= 15 is 0 Å². The normalized spacial score (nSPS) is 13.4. The Hall–Kier alpha value is -2.55. The summed E-state index contributed by atoms with van der Waals surface area (Å²) in [6, 6.07) is 0. The summed E-state index contributed by atoms with van der Waals surface area (Å²) in [5.74, 6) is -0.813. The average Bonchev–Trinajstić information content (AvgIpc) is 2.14.